The maximum atomic E-state index is 13.5. The highest BCUT2D eigenvalue weighted by Crippen LogP contribution is 2.39. The second-order valence-electron chi connectivity index (χ2n) is 9.87. The van der Waals surface area contributed by atoms with E-state index >= 15 is 0 Å². The zero-order valence-corrected chi connectivity index (χ0v) is 19.5. The molecule has 0 unspecified atom stereocenters. The van der Waals surface area contributed by atoms with E-state index in [9.17, 15) is 5.21 Å². The van der Waals surface area contributed by atoms with E-state index in [0.29, 0.717) is 12.4 Å². The van der Waals surface area contributed by atoms with E-state index in [1.54, 1.807) is 6.21 Å². The Bertz CT molecular complexity index is 806. The summed E-state index contributed by atoms with van der Waals surface area (Å²) in [4.78, 5) is 7.56. The lowest BCUT2D eigenvalue weighted by atomic mass is 10.0. The first-order valence-corrected chi connectivity index (χ1v) is 10.2. The molecule has 29 heavy (non-hydrogen) atoms. The Morgan fingerprint density at radius 3 is 2.07 bits per heavy atom. The number of hydroxylamine groups is 1. The summed E-state index contributed by atoms with van der Waals surface area (Å²) in [6.45, 7) is 19.6. The number of rotatable bonds is 4. The summed E-state index contributed by atoms with van der Waals surface area (Å²) in [6, 6.07) is 7.97. The Kier molecular flexibility index (Phi) is 6.36. The summed E-state index contributed by atoms with van der Waals surface area (Å²) in [6.07, 6.45) is 1.26. The number of nitrogens with two attached hydrogens (primary N) is 1. The number of nitrogens with one attached hydrogen (secondary N) is 1. The topological polar surface area (TPSA) is 72.5 Å². The molecule has 0 amide bonds. The fourth-order valence-corrected chi connectivity index (χ4v) is 3.98. The van der Waals surface area contributed by atoms with Gasteiger partial charge in [-0.15, -0.1) is 0 Å². The van der Waals surface area contributed by atoms with Crippen LogP contribution in [0.5, 0.6) is 0 Å². The van der Waals surface area contributed by atoms with Crippen LogP contribution < -0.4 is 10.7 Å². The number of hydrogen-bond donors (Lipinski definition) is 2. The average Bonchev–Trinajstić information content (AvgIpc) is 2.85. The highest BCUT2D eigenvalue weighted by atomic mass is 16.5. The Morgan fingerprint density at radius 1 is 1.10 bits per heavy atom. The highest BCUT2D eigenvalue weighted by molar-refractivity contribution is 5.76. The summed E-state index contributed by atoms with van der Waals surface area (Å²) in [5.74, 6) is 0.675. The van der Waals surface area contributed by atoms with Crippen molar-refractivity contribution in [2.24, 2.45) is 5.73 Å². The molecule has 0 aromatic heterocycles. The fraction of sp³-hybridized carbons (Fsp3) is 0.565. The fourth-order valence-electron chi connectivity index (χ4n) is 3.98. The third-order valence-electron chi connectivity index (χ3n) is 5.18. The number of nitrogens with zero attached hydrogens (tertiary/aromatic N) is 3. The third kappa shape index (κ3) is 5.11. The van der Waals surface area contributed by atoms with Crippen molar-refractivity contribution in [1.82, 2.24) is 9.80 Å². The molecule has 1 heterocycles. The summed E-state index contributed by atoms with van der Waals surface area (Å²) in [5.41, 5.74) is 9.56. The van der Waals surface area contributed by atoms with Gasteiger partial charge < -0.3 is 5.21 Å². The maximum absolute atomic E-state index is 13.5. The van der Waals surface area contributed by atoms with Gasteiger partial charge in [0, 0.05) is 35.0 Å². The number of benzene rings is 1. The average molecular weight is 401 g/mol. The van der Waals surface area contributed by atoms with Crippen LogP contribution >= 0.6 is 0 Å². The Balaban J connectivity index is 2.48. The van der Waals surface area contributed by atoms with Crippen molar-refractivity contribution < 1.29 is 9.73 Å². The smallest absolute Gasteiger partial charge is 0.322 e. The molecule has 0 spiro atoms. The molecule has 0 saturated carbocycles. The molecule has 0 fully saturated rings. The lowest BCUT2D eigenvalue weighted by molar-refractivity contribution is -0.556. The molecule has 1 aromatic rings. The first kappa shape index (κ1) is 22.8. The highest BCUT2D eigenvalue weighted by Gasteiger charge is 2.48. The zero-order chi connectivity index (χ0) is 22.1. The Labute approximate surface area is 176 Å². The van der Waals surface area contributed by atoms with Crippen molar-refractivity contribution in [3.63, 3.8) is 0 Å². The predicted octanol–water partition coefficient (Wildman–Crippen LogP) is 2.32. The lowest BCUT2D eigenvalue weighted by Crippen LogP contribution is -2.72. The van der Waals surface area contributed by atoms with Crippen molar-refractivity contribution >= 4 is 12.1 Å². The SMILES string of the molecule is CC(N)=[NH+]Cc1cccc(/C=[N+](\[O-])C2N(C(C)(C)C)C(C)=C(C)N2C(C)(C)C)c1. The molecule has 160 valence electrons. The molecule has 3 N–H and O–H groups in total. The minimum Gasteiger partial charge on any atom is -0.621 e. The van der Waals surface area contributed by atoms with E-state index < -0.39 is 6.29 Å². The molecule has 0 radical (unpaired) electrons. The normalized spacial score (nSPS) is 17.6. The van der Waals surface area contributed by atoms with Crippen LogP contribution in [0.3, 0.4) is 0 Å². The van der Waals surface area contributed by atoms with E-state index in [0.717, 1.165) is 27.3 Å². The molecule has 1 aliphatic rings. The van der Waals surface area contributed by atoms with Crippen molar-refractivity contribution in [3.8, 4) is 0 Å². The first-order valence-electron chi connectivity index (χ1n) is 10.2. The Morgan fingerprint density at radius 2 is 1.62 bits per heavy atom. The standard InChI is InChI=1S/C23H37N5O/c1-16-17(2)28(23(7,8)9)21(27(16)22(4,5)6)26(29)15-20-12-10-11-19(13-20)14-25-18(3)24/h10-13,15,21H,14H2,1-9H3,(H2,24,25)/p+1/b26-15-. The van der Waals surface area contributed by atoms with Crippen molar-refractivity contribution in [2.45, 2.75) is 86.2 Å². The van der Waals surface area contributed by atoms with Gasteiger partial charge in [-0.05, 0) is 73.1 Å². The van der Waals surface area contributed by atoms with Crippen LogP contribution in [0.4, 0.5) is 0 Å². The number of hydrogen-bond acceptors (Lipinski definition) is 3. The van der Waals surface area contributed by atoms with Gasteiger partial charge >= 0.3 is 6.29 Å². The van der Waals surface area contributed by atoms with E-state index in [1.807, 2.05) is 31.2 Å². The van der Waals surface area contributed by atoms with Crippen molar-refractivity contribution in [3.05, 3.63) is 52.0 Å². The van der Waals surface area contributed by atoms with Gasteiger partial charge in [-0.3, -0.25) is 20.5 Å². The number of allylic oxidation sites excluding steroid dienone is 2. The molecule has 0 bridgehead atoms. The third-order valence-corrected chi connectivity index (χ3v) is 5.18. The van der Waals surface area contributed by atoms with Gasteiger partial charge in [0.2, 0.25) is 5.84 Å². The van der Waals surface area contributed by atoms with Crippen LogP contribution in [0, 0.1) is 5.21 Å². The monoisotopic (exact) mass is 400 g/mol. The molecule has 0 atom stereocenters. The summed E-state index contributed by atoms with van der Waals surface area (Å²) in [5, 5.41) is 13.5. The molecule has 6 nitrogen and oxygen atoms in total. The molecule has 0 saturated heterocycles. The van der Waals surface area contributed by atoms with E-state index in [1.165, 1.54) is 0 Å². The van der Waals surface area contributed by atoms with E-state index in [-0.39, 0.29) is 11.1 Å². The number of amidine groups is 1. The summed E-state index contributed by atoms with van der Waals surface area (Å²) >= 11 is 0. The van der Waals surface area contributed by atoms with Gasteiger partial charge in [0.25, 0.3) is 0 Å². The van der Waals surface area contributed by atoms with Crippen molar-refractivity contribution in [1.29, 1.82) is 0 Å². The molecule has 1 aromatic carbocycles. The van der Waals surface area contributed by atoms with Crippen LogP contribution in [0.15, 0.2) is 35.7 Å². The van der Waals surface area contributed by atoms with Crippen LogP contribution in [0.25, 0.3) is 0 Å². The van der Waals surface area contributed by atoms with Gasteiger partial charge in [0.15, 0.2) is 6.21 Å². The molecule has 1 aliphatic heterocycles. The molecular formula is C23H38N5O+. The van der Waals surface area contributed by atoms with Crippen molar-refractivity contribution in [2.75, 3.05) is 0 Å². The van der Waals surface area contributed by atoms with Gasteiger partial charge in [0.1, 0.15) is 6.54 Å². The largest absolute Gasteiger partial charge is 0.621 e. The van der Waals surface area contributed by atoms with Gasteiger partial charge in [0.05, 0.1) is 0 Å². The minimum atomic E-state index is -0.434. The molecule has 0 aliphatic carbocycles. The van der Waals surface area contributed by atoms with Gasteiger partial charge in [-0.1, -0.05) is 12.1 Å². The maximum Gasteiger partial charge on any atom is 0.322 e. The van der Waals surface area contributed by atoms with Crippen LogP contribution in [-0.4, -0.2) is 44.0 Å². The Hall–Kier alpha value is -2.50. The second kappa shape index (κ2) is 8.09. The predicted molar refractivity (Wildman–Crippen MR) is 120 cm³/mol. The zero-order valence-electron chi connectivity index (χ0n) is 19.5. The molecule has 2 rings (SSSR count). The lowest BCUT2D eigenvalue weighted by Gasteiger charge is -2.43. The van der Waals surface area contributed by atoms with Crippen LogP contribution in [0.1, 0.15) is 73.4 Å². The van der Waals surface area contributed by atoms with Gasteiger partial charge in [-0.25, -0.2) is 0 Å². The molecule has 6 heteroatoms. The molecular weight excluding hydrogens is 362 g/mol. The van der Waals surface area contributed by atoms with Crippen LogP contribution in [0.2, 0.25) is 0 Å². The quantitative estimate of drug-likeness (QED) is 0.267. The van der Waals surface area contributed by atoms with Gasteiger partial charge in [-0.2, -0.15) is 4.74 Å². The minimum absolute atomic E-state index is 0.188. The van der Waals surface area contributed by atoms with E-state index in [4.69, 9.17) is 5.73 Å². The summed E-state index contributed by atoms with van der Waals surface area (Å²) in [7, 11) is 0. The van der Waals surface area contributed by atoms with Crippen LogP contribution in [-0.2, 0) is 6.54 Å². The van der Waals surface area contributed by atoms with E-state index in [2.05, 4.69) is 70.2 Å². The first-order chi connectivity index (χ1) is 13.2. The second-order valence-corrected chi connectivity index (χ2v) is 9.87. The summed E-state index contributed by atoms with van der Waals surface area (Å²) < 4.78 is 1.09.